The number of carbonyl (C=O) groups is 1. The maximum absolute atomic E-state index is 13.1. The van der Waals surface area contributed by atoms with Crippen LogP contribution in [0.3, 0.4) is 0 Å². The molecule has 0 aromatic carbocycles. The lowest BCUT2D eigenvalue weighted by molar-refractivity contribution is -0.117. The Hall–Kier alpha value is -3.93. The molecule has 2 atom stereocenters. The number of hydrogen-bond donors (Lipinski definition) is 8. The van der Waals surface area contributed by atoms with E-state index in [1.54, 1.807) is 12.4 Å². The van der Waals surface area contributed by atoms with Crippen LogP contribution in [0.1, 0.15) is 120 Å². The van der Waals surface area contributed by atoms with E-state index in [4.69, 9.17) is 16.2 Å². The summed E-state index contributed by atoms with van der Waals surface area (Å²) >= 11 is 0. The average molecular weight is 725 g/mol. The number of aliphatic hydroxyl groups excluding tert-OH is 2. The Bertz CT molecular complexity index is 1380. The van der Waals surface area contributed by atoms with Crippen LogP contribution in [0.25, 0.3) is 11.1 Å². The van der Waals surface area contributed by atoms with E-state index in [9.17, 15) is 9.90 Å². The normalized spacial score (nSPS) is 18.1. The Morgan fingerprint density at radius 2 is 1.90 bits per heavy atom. The van der Waals surface area contributed by atoms with Gasteiger partial charge in [-0.15, -0.1) is 0 Å². The van der Waals surface area contributed by atoms with Crippen molar-refractivity contribution < 1.29 is 15.0 Å². The van der Waals surface area contributed by atoms with Crippen LogP contribution < -0.4 is 21.7 Å². The van der Waals surface area contributed by atoms with Gasteiger partial charge in [-0.2, -0.15) is 0 Å². The van der Waals surface area contributed by atoms with Crippen LogP contribution >= 0.6 is 0 Å². The van der Waals surface area contributed by atoms with E-state index in [1.165, 1.54) is 25.3 Å². The van der Waals surface area contributed by atoms with Crippen molar-refractivity contribution in [3.8, 4) is 0 Å². The van der Waals surface area contributed by atoms with Crippen molar-refractivity contribution in [3.05, 3.63) is 70.6 Å². The minimum Gasteiger partial charge on any atom is -0.404 e. The van der Waals surface area contributed by atoms with Crippen molar-refractivity contribution in [2.45, 2.75) is 126 Å². The van der Waals surface area contributed by atoms with Gasteiger partial charge in [-0.25, -0.2) is 0 Å². The fourth-order valence-corrected chi connectivity index (χ4v) is 5.76. The second kappa shape index (κ2) is 26.8. The monoisotopic (exact) mass is 725 g/mol. The number of dihydropyridines is 1. The predicted octanol–water partition coefficient (Wildman–Crippen LogP) is 6.65. The van der Waals surface area contributed by atoms with E-state index < -0.39 is 6.10 Å². The average Bonchev–Trinajstić information content (AvgIpc) is 3.79. The first-order chi connectivity index (χ1) is 25.1. The molecule has 0 bridgehead atoms. The highest BCUT2D eigenvalue weighted by Gasteiger charge is 2.31. The number of allylic oxidation sites excluding steroid dienone is 4. The van der Waals surface area contributed by atoms with Crippen LogP contribution in [0.5, 0.6) is 0 Å². The molecule has 3 heterocycles. The molecule has 0 radical (unpaired) electrons. The summed E-state index contributed by atoms with van der Waals surface area (Å²) < 4.78 is 0. The molecule has 2 unspecified atom stereocenters. The molecular weight excluding hydrogens is 653 g/mol. The van der Waals surface area contributed by atoms with E-state index in [0.717, 1.165) is 66.1 Å². The number of aliphatic hydroxyl groups is 2. The highest BCUT2D eigenvalue weighted by molar-refractivity contribution is 6.10. The maximum Gasteiger partial charge on any atom is 0.252 e. The molecule has 294 valence electrons. The Labute approximate surface area is 315 Å². The minimum absolute atomic E-state index is 0.0678. The summed E-state index contributed by atoms with van der Waals surface area (Å²) in [6.07, 6.45) is 15.7. The number of aliphatic imine (C=N–C) groups is 1. The van der Waals surface area contributed by atoms with Gasteiger partial charge in [0.15, 0.2) is 0 Å². The van der Waals surface area contributed by atoms with Crippen molar-refractivity contribution in [1.29, 1.82) is 5.41 Å². The summed E-state index contributed by atoms with van der Waals surface area (Å²) in [7, 11) is 0. The second-order valence-electron chi connectivity index (χ2n) is 12.4. The molecule has 3 rings (SSSR count). The van der Waals surface area contributed by atoms with E-state index >= 15 is 0 Å². The summed E-state index contributed by atoms with van der Waals surface area (Å²) in [6.45, 7) is 24.9. The van der Waals surface area contributed by atoms with Gasteiger partial charge in [0.05, 0.1) is 30.9 Å². The molecule has 52 heavy (non-hydrogen) atoms. The SMILES string of the molecule is CC.CC.CC.CCC=C(NC1=CC(C(=O)NCCN2CCCC2(C)C)=CNC1C)/C(C=N)=C(\CCC)c1cc(/C(C=NCC(O)CO)=C/N)c[nH]1. The molecule has 2 aliphatic heterocycles. The highest BCUT2D eigenvalue weighted by Crippen LogP contribution is 2.29. The lowest BCUT2D eigenvalue weighted by Crippen LogP contribution is -2.43. The number of carbonyl (C=O) groups excluding carboxylic acids is 1. The Balaban J connectivity index is 0.00000411. The molecule has 0 saturated carbocycles. The number of H-pyrrole nitrogens is 1. The van der Waals surface area contributed by atoms with Crippen LogP contribution in [0.4, 0.5) is 0 Å². The summed E-state index contributed by atoms with van der Waals surface area (Å²) in [5.74, 6) is -0.122. The number of aromatic amines is 1. The standard InChI is InChI=1S/C35H54N8O3.3C2H6/c1-6-9-29(33-15-25(20-41-33)27(17-36)19-38-22-28(45)23-44)30(18-37)31(10-7-2)42-32-16-26(21-40-24(32)3)34(46)39-12-14-43-13-8-11-35(43,4)5;3*1-2/h10,15-21,24,28,37,40-42,44-45H,6-9,11-14,22-23,36H2,1-5H3,(H,39,46);3*1-2H3/b27-17+,30-29+,31-10?,37-18?,38-19?;;;. The zero-order valence-corrected chi connectivity index (χ0v) is 34.1. The van der Waals surface area contributed by atoms with E-state index in [2.05, 4.69) is 64.6 Å². The Morgan fingerprint density at radius 3 is 2.46 bits per heavy atom. The molecular formula is C41H72N8O3. The molecule has 11 nitrogen and oxygen atoms in total. The van der Waals surface area contributed by atoms with Gasteiger partial charge in [0.25, 0.3) is 5.91 Å². The third kappa shape index (κ3) is 15.0. The number of nitrogens with two attached hydrogens (primary N) is 1. The van der Waals surface area contributed by atoms with E-state index in [1.807, 2.05) is 66.8 Å². The van der Waals surface area contributed by atoms with Gasteiger partial charge in [0, 0.05) is 83.5 Å². The number of nitrogens with one attached hydrogen (secondary N) is 5. The van der Waals surface area contributed by atoms with E-state index in [0.29, 0.717) is 17.7 Å². The molecule has 1 aromatic rings. The molecule has 2 aliphatic rings. The number of likely N-dealkylation sites (tertiary alicyclic amines) is 1. The van der Waals surface area contributed by atoms with Gasteiger partial charge in [-0.3, -0.25) is 14.7 Å². The van der Waals surface area contributed by atoms with Crippen molar-refractivity contribution >= 4 is 29.5 Å². The zero-order valence-electron chi connectivity index (χ0n) is 34.1. The summed E-state index contributed by atoms with van der Waals surface area (Å²) in [4.78, 5) is 23.1. The van der Waals surface area contributed by atoms with Crippen molar-refractivity contribution in [2.75, 3.05) is 32.8 Å². The first-order valence-electron chi connectivity index (χ1n) is 19.4. The molecule has 1 amide bonds. The van der Waals surface area contributed by atoms with Crippen LogP contribution in [0, 0.1) is 5.41 Å². The van der Waals surface area contributed by atoms with Gasteiger partial charge in [0.1, 0.15) is 0 Å². The van der Waals surface area contributed by atoms with E-state index in [-0.39, 0.29) is 30.6 Å². The largest absolute Gasteiger partial charge is 0.404 e. The second-order valence-corrected chi connectivity index (χ2v) is 12.4. The number of aromatic nitrogens is 1. The minimum atomic E-state index is -0.923. The number of rotatable bonds is 17. The van der Waals surface area contributed by atoms with Gasteiger partial charge < -0.3 is 42.3 Å². The summed E-state index contributed by atoms with van der Waals surface area (Å²) in [5, 5.41) is 37.1. The predicted molar refractivity (Wildman–Crippen MR) is 222 cm³/mol. The summed E-state index contributed by atoms with van der Waals surface area (Å²) in [6, 6.07) is 1.91. The molecule has 0 aliphatic carbocycles. The lowest BCUT2D eigenvalue weighted by atomic mass is 9.96. The quantitative estimate of drug-likeness (QED) is 0.0655. The molecule has 1 saturated heterocycles. The number of hydrogen-bond acceptors (Lipinski definition) is 9. The van der Waals surface area contributed by atoms with Gasteiger partial charge in [0.2, 0.25) is 0 Å². The van der Waals surface area contributed by atoms with Gasteiger partial charge in [-0.05, 0) is 70.7 Å². The van der Waals surface area contributed by atoms with Crippen molar-refractivity contribution in [3.63, 3.8) is 0 Å². The lowest BCUT2D eigenvalue weighted by Gasteiger charge is -2.31. The van der Waals surface area contributed by atoms with Crippen LogP contribution in [0.2, 0.25) is 0 Å². The first kappa shape index (κ1) is 48.1. The topological polar surface area (TPSA) is 175 Å². The van der Waals surface area contributed by atoms with Gasteiger partial charge >= 0.3 is 0 Å². The number of amides is 1. The smallest absolute Gasteiger partial charge is 0.252 e. The molecule has 11 heteroatoms. The fraction of sp³-hybridized carbons (Fsp3) is 0.585. The van der Waals surface area contributed by atoms with Crippen LogP contribution in [-0.4, -0.2) is 88.9 Å². The van der Waals surface area contributed by atoms with Crippen LogP contribution in [0.15, 0.2) is 64.3 Å². The van der Waals surface area contributed by atoms with Crippen molar-refractivity contribution in [2.24, 2.45) is 10.7 Å². The maximum atomic E-state index is 13.1. The van der Waals surface area contributed by atoms with Gasteiger partial charge in [-0.1, -0.05) is 67.9 Å². The molecule has 9 N–H and O–H groups in total. The third-order valence-electron chi connectivity index (χ3n) is 8.49. The third-order valence-corrected chi connectivity index (χ3v) is 8.49. The fourth-order valence-electron chi connectivity index (χ4n) is 5.76. The van der Waals surface area contributed by atoms with Crippen LogP contribution in [-0.2, 0) is 4.79 Å². The Kier molecular flexibility index (Phi) is 24.8. The Morgan fingerprint density at radius 1 is 1.21 bits per heavy atom. The molecule has 1 aromatic heterocycles. The molecule has 0 spiro atoms. The zero-order chi connectivity index (χ0) is 39.7. The highest BCUT2D eigenvalue weighted by atomic mass is 16.3. The summed E-state index contributed by atoms with van der Waals surface area (Å²) in [5.41, 5.74) is 12.3. The van der Waals surface area contributed by atoms with Crippen molar-refractivity contribution in [1.82, 2.24) is 25.8 Å². The number of nitrogens with zero attached hydrogens (tertiary/aromatic N) is 2. The molecule has 1 fully saturated rings. The first-order valence-corrected chi connectivity index (χ1v) is 19.4.